The second-order valence-electron chi connectivity index (χ2n) is 9.13. The second kappa shape index (κ2) is 8.00. The molecule has 0 saturated carbocycles. The summed E-state index contributed by atoms with van der Waals surface area (Å²) in [4.78, 5) is 30.2. The normalized spacial score (nSPS) is 25.5. The third-order valence-corrected chi connectivity index (χ3v) is 7.24. The Morgan fingerprint density at radius 3 is 2.45 bits per heavy atom. The van der Waals surface area contributed by atoms with Crippen LogP contribution in [0.1, 0.15) is 36.7 Å². The topological polar surface area (TPSA) is 65.8 Å². The quantitative estimate of drug-likeness (QED) is 0.754. The van der Waals surface area contributed by atoms with Crippen LogP contribution in [0.5, 0.6) is 0 Å². The van der Waals surface area contributed by atoms with Gasteiger partial charge in [-0.3, -0.25) is 14.6 Å². The largest absolute Gasteiger partial charge is 0.465 e. The lowest BCUT2D eigenvalue weighted by Crippen LogP contribution is -2.54. The molecule has 0 unspecified atom stereocenters. The third kappa shape index (κ3) is 3.69. The van der Waals surface area contributed by atoms with E-state index < -0.39 is 5.54 Å². The summed E-state index contributed by atoms with van der Waals surface area (Å²) in [6.07, 6.45) is 9.09. The van der Waals surface area contributed by atoms with E-state index in [0.29, 0.717) is 0 Å². The van der Waals surface area contributed by atoms with Crippen molar-refractivity contribution in [3.63, 3.8) is 0 Å². The average Bonchev–Trinajstić information content (AvgIpc) is 3.48. The Kier molecular flexibility index (Phi) is 5.18. The fourth-order valence-electron chi connectivity index (χ4n) is 5.40. The van der Waals surface area contributed by atoms with Crippen molar-refractivity contribution in [2.24, 2.45) is 5.92 Å². The van der Waals surface area contributed by atoms with E-state index in [1.54, 1.807) is 6.26 Å². The molecule has 1 aromatic carbocycles. The summed E-state index contributed by atoms with van der Waals surface area (Å²) in [6.45, 7) is 4.62. The van der Waals surface area contributed by atoms with E-state index in [1.807, 2.05) is 37.3 Å². The van der Waals surface area contributed by atoms with Crippen molar-refractivity contribution in [1.29, 1.82) is 0 Å². The fraction of sp³-hybridized carbons (Fsp3) is 0.440. The molecular formula is C25H29N3O3. The molecule has 162 valence electrons. The van der Waals surface area contributed by atoms with Crippen LogP contribution in [-0.2, 0) is 17.6 Å². The van der Waals surface area contributed by atoms with E-state index >= 15 is 0 Å². The molecule has 6 nitrogen and oxygen atoms in total. The average molecular weight is 420 g/mol. The lowest BCUT2D eigenvalue weighted by atomic mass is 9.78. The third-order valence-electron chi connectivity index (χ3n) is 7.24. The van der Waals surface area contributed by atoms with Crippen LogP contribution in [0.3, 0.4) is 0 Å². The monoisotopic (exact) mass is 419 g/mol. The number of furan rings is 1. The van der Waals surface area contributed by atoms with Gasteiger partial charge in [0.15, 0.2) is 0 Å². The van der Waals surface area contributed by atoms with E-state index in [-0.39, 0.29) is 23.9 Å². The minimum atomic E-state index is -0.804. The van der Waals surface area contributed by atoms with E-state index in [2.05, 4.69) is 28.4 Å². The van der Waals surface area contributed by atoms with Gasteiger partial charge in [0.25, 0.3) is 5.91 Å². The summed E-state index contributed by atoms with van der Waals surface area (Å²) < 4.78 is 5.33. The zero-order valence-corrected chi connectivity index (χ0v) is 17.9. The maximum atomic E-state index is 13.5. The number of benzene rings is 1. The number of likely N-dealkylation sites (tertiary alicyclic amines) is 1. The smallest absolute Gasteiger partial charge is 0.325 e. The Bertz CT molecular complexity index is 966. The molecule has 1 aliphatic carbocycles. The Labute approximate surface area is 182 Å². The standard InChI is InChI=1S/C25H29N3O3/c1-25(20-10-13-27(14-11-20)12-4-8-22-9-5-15-31-22)23(29)28(24(30)26-25)21-16-18-6-2-3-7-19(18)17-21/h2-9,15,20-21H,10-14,16-17H2,1H3,(H,26,30)/b8-4+/t25-/m1/s1. The predicted molar refractivity (Wildman–Crippen MR) is 118 cm³/mol. The number of piperidine rings is 1. The molecule has 2 fully saturated rings. The van der Waals surface area contributed by atoms with Crippen LogP contribution in [0, 0.1) is 5.92 Å². The van der Waals surface area contributed by atoms with Crippen molar-refractivity contribution in [3.05, 3.63) is 65.6 Å². The highest BCUT2D eigenvalue weighted by Crippen LogP contribution is 2.36. The van der Waals surface area contributed by atoms with Crippen LogP contribution < -0.4 is 5.32 Å². The van der Waals surface area contributed by atoms with Crippen molar-refractivity contribution >= 4 is 18.0 Å². The van der Waals surface area contributed by atoms with Gasteiger partial charge in [0.1, 0.15) is 11.3 Å². The van der Waals surface area contributed by atoms with Gasteiger partial charge in [-0.05, 0) is 81.0 Å². The second-order valence-corrected chi connectivity index (χ2v) is 9.13. The molecule has 3 amide bonds. The maximum absolute atomic E-state index is 13.5. The molecule has 2 aliphatic heterocycles. The maximum Gasteiger partial charge on any atom is 0.325 e. The molecule has 0 bridgehead atoms. The molecule has 6 heteroatoms. The van der Waals surface area contributed by atoms with Gasteiger partial charge in [-0.1, -0.05) is 30.3 Å². The van der Waals surface area contributed by atoms with Gasteiger partial charge in [-0.2, -0.15) is 0 Å². The Morgan fingerprint density at radius 2 is 1.81 bits per heavy atom. The molecular weight excluding hydrogens is 390 g/mol. The molecule has 1 aromatic heterocycles. The fourth-order valence-corrected chi connectivity index (χ4v) is 5.40. The van der Waals surface area contributed by atoms with E-state index in [0.717, 1.165) is 51.1 Å². The Morgan fingerprint density at radius 1 is 1.10 bits per heavy atom. The first-order valence-corrected chi connectivity index (χ1v) is 11.2. The molecule has 3 heterocycles. The van der Waals surface area contributed by atoms with Crippen LogP contribution in [0.2, 0.25) is 0 Å². The number of carbonyl (C=O) groups is 2. The van der Waals surface area contributed by atoms with Crippen LogP contribution in [-0.4, -0.2) is 53.0 Å². The van der Waals surface area contributed by atoms with Crippen molar-refractivity contribution in [2.45, 2.75) is 44.2 Å². The van der Waals surface area contributed by atoms with Gasteiger partial charge >= 0.3 is 6.03 Å². The number of fused-ring (bicyclic) bond motifs is 1. The zero-order chi connectivity index (χ0) is 21.4. The zero-order valence-electron chi connectivity index (χ0n) is 17.9. The Balaban J connectivity index is 1.20. The number of hydrogen-bond donors (Lipinski definition) is 1. The first-order valence-electron chi connectivity index (χ1n) is 11.2. The van der Waals surface area contributed by atoms with Crippen molar-refractivity contribution < 1.29 is 14.0 Å². The molecule has 0 radical (unpaired) electrons. The lowest BCUT2D eigenvalue weighted by molar-refractivity contribution is -0.134. The van der Waals surface area contributed by atoms with Crippen molar-refractivity contribution in [3.8, 4) is 0 Å². The molecule has 3 aliphatic rings. The molecule has 1 N–H and O–H groups in total. The number of urea groups is 1. The van der Waals surface area contributed by atoms with Crippen molar-refractivity contribution in [1.82, 2.24) is 15.1 Å². The van der Waals surface area contributed by atoms with Crippen LogP contribution in [0.15, 0.2) is 53.2 Å². The molecule has 2 aromatic rings. The number of rotatable bonds is 5. The summed E-state index contributed by atoms with van der Waals surface area (Å²) in [5.41, 5.74) is 1.69. The number of imide groups is 1. The molecule has 0 spiro atoms. The van der Waals surface area contributed by atoms with Gasteiger partial charge < -0.3 is 9.73 Å². The van der Waals surface area contributed by atoms with Crippen LogP contribution >= 0.6 is 0 Å². The summed E-state index contributed by atoms with van der Waals surface area (Å²) >= 11 is 0. The molecule has 5 rings (SSSR count). The summed E-state index contributed by atoms with van der Waals surface area (Å²) in [6, 6.07) is 11.8. The van der Waals surface area contributed by atoms with Crippen LogP contribution in [0.25, 0.3) is 6.08 Å². The highest BCUT2D eigenvalue weighted by Gasteiger charge is 2.54. The number of hydrogen-bond acceptors (Lipinski definition) is 4. The highest BCUT2D eigenvalue weighted by atomic mass is 16.3. The molecule has 1 atom stereocenters. The van der Waals surface area contributed by atoms with Gasteiger partial charge in [-0.25, -0.2) is 4.79 Å². The number of nitrogens with one attached hydrogen (secondary N) is 1. The summed E-state index contributed by atoms with van der Waals surface area (Å²) in [5, 5.41) is 3.07. The van der Waals surface area contributed by atoms with E-state index in [4.69, 9.17) is 4.42 Å². The van der Waals surface area contributed by atoms with Gasteiger partial charge in [0, 0.05) is 12.6 Å². The molecule has 31 heavy (non-hydrogen) atoms. The van der Waals surface area contributed by atoms with E-state index in [9.17, 15) is 9.59 Å². The first-order chi connectivity index (χ1) is 15.0. The summed E-state index contributed by atoms with van der Waals surface area (Å²) in [5.74, 6) is 0.963. The number of carbonyl (C=O) groups excluding carboxylic acids is 2. The minimum Gasteiger partial charge on any atom is -0.465 e. The van der Waals surface area contributed by atoms with Gasteiger partial charge in [-0.15, -0.1) is 0 Å². The van der Waals surface area contributed by atoms with Crippen LogP contribution in [0.4, 0.5) is 4.79 Å². The predicted octanol–water partition coefficient (Wildman–Crippen LogP) is 3.48. The highest BCUT2D eigenvalue weighted by molar-refractivity contribution is 6.07. The summed E-state index contributed by atoms with van der Waals surface area (Å²) in [7, 11) is 0. The number of nitrogens with zero attached hydrogens (tertiary/aromatic N) is 2. The minimum absolute atomic E-state index is 0.0496. The van der Waals surface area contributed by atoms with Gasteiger partial charge in [0.05, 0.1) is 6.26 Å². The van der Waals surface area contributed by atoms with Gasteiger partial charge in [0.2, 0.25) is 0 Å². The van der Waals surface area contributed by atoms with E-state index in [1.165, 1.54) is 16.0 Å². The number of amides is 3. The van der Waals surface area contributed by atoms with Crippen molar-refractivity contribution in [2.75, 3.05) is 19.6 Å². The first kappa shape index (κ1) is 20.1. The molecule has 2 saturated heterocycles. The Hall–Kier alpha value is -2.86. The SMILES string of the molecule is C[C@]1(C2CCN(C/C=C/c3ccco3)CC2)NC(=O)N(C2Cc3ccccc3C2)C1=O. The lowest BCUT2D eigenvalue weighted by Gasteiger charge is -2.38.